The summed E-state index contributed by atoms with van der Waals surface area (Å²) < 4.78 is 10.7. The number of carbonyl (C=O) groups is 2. The van der Waals surface area contributed by atoms with Gasteiger partial charge in [0.2, 0.25) is 0 Å². The predicted octanol–water partition coefficient (Wildman–Crippen LogP) is 3.17. The average Bonchev–Trinajstić information content (AvgIpc) is 3.01. The van der Waals surface area contributed by atoms with E-state index in [9.17, 15) is 9.59 Å². The van der Waals surface area contributed by atoms with Crippen LogP contribution in [0.15, 0.2) is 48.5 Å². The molecule has 0 spiro atoms. The highest BCUT2D eigenvalue weighted by Gasteiger charge is 2.32. The van der Waals surface area contributed by atoms with Crippen molar-refractivity contribution >= 4 is 29.3 Å². The molecule has 1 fully saturated rings. The number of cyclic esters (lactones) is 1. The predicted molar refractivity (Wildman–Crippen MR) is 98.8 cm³/mol. The minimum atomic E-state index is -0.412. The molecule has 136 valence electrons. The maximum Gasteiger partial charge on any atom is 0.414 e. The summed E-state index contributed by atoms with van der Waals surface area (Å²) in [5, 5.41) is 3.31. The van der Waals surface area contributed by atoms with Crippen molar-refractivity contribution in [1.82, 2.24) is 5.32 Å². The van der Waals surface area contributed by atoms with Gasteiger partial charge in [-0.3, -0.25) is 9.69 Å². The molecule has 1 saturated heterocycles. The first-order valence-electron chi connectivity index (χ1n) is 8.21. The van der Waals surface area contributed by atoms with Crippen molar-refractivity contribution in [2.24, 2.45) is 0 Å². The Hall–Kier alpha value is -2.73. The van der Waals surface area contributed by atoms with Gasteiger partial charge in [0.05, 0.1) is 13.1 Å². The number of rotatable bonds is 6. The van der Waals surface area contributed by atoms with Gasteiger partial charge in [-0.05, 0) is 43.3 Å². The molecule has 6 nitrogen and oxygen atoms in total. The molecule has 1 aliphatic rings. The Morgan fingerprint density at radius 3 is 2.62 bits per heavy atom. The smallest absolute Gasteiger partial charge is 0.414 e. The summed E-state index contributed by atoms with van der Waals surface area (Å²) in [5.74, 6) is 0.271. The molecule has 0 saturated carbocycles. The molecule has 2 amide bonds. The number of nitrogens with one attached hydrogen (secondary N) is 1. The first kappa shape index (κ1) is 18.1. The second kappa shape index (κ2) is 8.10. The van der Waals surface area contributed by atoms with Crippen molar-refractivity contribution in [3.8, 4) is 5.75 Å². The van der Waals surface area contributed by atoms with Crippen LogP contribution < -0.4 is 15.0 Å². The Kier molecular flexibility index (Phi) is 5.63. The number of carbonyl (C=O) groups excluding carboxylic acids is 2. The van der Waals surface area contributed by atoms with Crippen molar-refractivity contribution in [3.05, 3.63) is 59.1 Å². The van der Waals surface area contributed by atoms with E-state index in [4.69, 9.17) is 21.1 Å². The fraction of sp³-hybridized carbons (Fsp3) is 0.263. The van der Waals surface area contributed by atoms with Gasteiger partial charge in [0.25, 0.3) is 5.91 Å². The number of nitrogens with zero attached hydrogens (tertiary/aromatic N) is 1. The first-order valence-corrected chi connectivity index (χ1v) is 8.59. The highest BCUT2D eigenvalue weighted by molar-refractivity contribution is 6.30. The number of hydrogen-bond donors (Lipinski definition) is 1. The van der Waals surface area contributed by atoms with Crippen molar-refractivity contribution in [2.45, 2.75) is 13.0 Å². The molecule has 1 unspecified atom stereocenters. The molecule has 26 heavy (non-hydrogen) atoms. The Labute approximate surface area is 156 Å². The Balaban J connectivity index is 1.44. The normalized spacial score (nSPS) is 16.3. The van der Waals surface area contributed by atoms with Gasteiger partial charge < -0.3 is 14.8 Å². The Morgan fingerprint density at radius 2 is 1.92 bits per heavy atom. The Bertz CT molecular complexity index is 777. The lowest BCUT2D eigenvalue weighted by Gasteiger charge is -2.13. The van der Waals surface area contributed by atoms with E-state index < -0.39 is 12.2 Å². The topological polar surface area (TPSA) is 67.9 Å². The minimum Gasteiger partial charge on any atom is -0.484 e. The molecule has 0 radical (unpaired) electrons. The van der Waals surface area contributed by atoms with Gasteiger partial charge in [0.1, 0.15) is 11.9 Å². The zero-order valence-electron chi connectivity index (χ0n) is 14.3. The minimum absolute atomic E-state index is 0.121. The van der Waals surface area contributed by atoms with Crippen LogP contribution in [-0.4, -0.2) is 37.8 Å². The molecule has 1 heterocycles. The van der Waals surface area contributed by atoms with Gasteiger partial charge in [-0.2, -0.15) is 0 Å². The van der Waals surface area contributed by atoms with Crippen LogP contribution in [0.3, 0.4) is 0 Å². The number of anilines is 1. The molecule has 1 aliphatic heterocycles. The fourth-order valence-corrected chi connectivity index (χ4v) is 2.65. The lowest BCUT2D eigenvalue weighted by atomic mass is 10.2. The molecular formula is C19H19ClN2O4. The maximum absolute atomic E-state index is 12.0. The van der Waals surface area contributed by atoms with Crippen molar-refractivity contribution < 1.29 is 19.1 Å². The lowest BCUT2D eigenvalue weighted by molar-refractivity contribution is -0.123. The molecule has 0 aromatic heterocycles. The van der Waals surface area contributed by atoms with E-state index in [-0.39, 0.29) is 19.1 Å². The van der Waals surface area contributed by atoms with Crippen molar-refractivity contribution in [3.63, 3.8) is 0 Å². The molecule has 3 rings (SSSR count). The molecule has 7 heteroatoms. The number of ether oxygens (including phenoxy) is 2. The van der Waals surface area contributed by atoms with E-state index in [1.807, 2.05) is 31.2 Å². The SMILES string of the molecule is Cc1ccc(N2CC(CNC(=O)COc3ccc(Cl)cc3)OC2=O)cc1. The van der Waals surface area contributed by atoms with Crippen LogP contribution in [0, 0.1) is 6.92 Å². The number of benzene rings is 2. The van der Waals surface area contributed by atoms with Gasteiger partial charge in [-0.25, -0.2) is 4.79 Å². The van der Waals surface area contributed by atoms with Gasteiger partial charge in [-0.15, -0.1) is 0 Å². The maximum atomic E-state index is 12.0. The zero-order chi connectivity index (χ0) is 18.5. The molecule has 0 aliphatic carbocycles. The van der Waals surface area contributed by atoms with Gasteiger partial charge in [-0.1, -0.05) is 29.3 Å². The van der Waals surface area contributed by atoms with E-state index in [0.717, 1.165) is 11.3 Å². The summed E-state index contributed by atoms with van der Waals surface area (Å²) in [7, 11) is 0. The van der Waals surface area contributed by atoms with E-state index in [1.165, 1.54) is 0 Å². The van der Waals surface area contributed by atoms with Gasteiger partial charge in [0, 0.05) is 10.7 Å². The van der Waals surface area contributed by atoms with E-state index in [1.54, 1.807) is 29.2 Å². The number of hydrogen-bond acceptors (Lipinski definition) is 4. The Morgan fingerprint density at radius 1 is 1.23 bits per heavy atom. The largest absolute Gasteiger partial charge is 0.484 e. The van der Waals surface area contributed by atoms with Crippen LogP contribution in [-0.2, 0) is 9.53 Å². The first-order chi connectivity index (χ1) is 12.5. The van der Waals surface area contributed by atoms with Crippen LogP contribution in [0.2, 0.25) is 5.02 Å². The average molecular weight is 375 g/mol. The quantitative estimate of drug-likeness (QED) is 0.843. The van der Waals surface area contributed by atoms with Crippen LogP contribution in [0.1, 0.15) is 5.56 Å². The molecule has 2 aromatic carbocycles. The standard InChI is InChI=1S/C19H19ClN2O4/c1-13-2-6-15(7-3-13)22-11-17(26-19(22)24)10-21-18(23)12-25-16-8-4-14(20)5-9-16/h2-9,17H,10-12H2,1H3,(H,21,23). The monoisotopic (exact) mass is 374 g/mol. The second-order valence-corrected chi connectivity index (χ2v) is 6.44. The summed E-state index contributed by atoms with van der Waals surface area (Å²) in [4.78, 5) is 25.5. The molecule has 2 aromatic rings. The van der Waals surface area contributed by atoms with E-state index in [0.29, 0.717) is 17.3 Å². The number of halogens is 1. The third-order valence-corrected chi connectivity index (χ3v) is 4.18. The zero-order valence-corrected chi connectivity index (χ0v) is 15.0. The number of amides is 2. The molecule has 1 atom stereocenters. The second-order valence-electron chi connectivity index (χ2n) is 6.00. The highest BCUT2D eigenvalue weighted by Crippen LogP contribution is 2.21. The summed E-state index contributed by atoms with van der Waals surface area (Å²) in [6.07, 6.45) is -0.811. The third kappa shape index (κ3) is 4.67. The van der Waals surface area contributed by atoms with Crippen LogP contribution in [0.25, 0.3) is 0 Å². The highest BCUT2D eigenvalue weighted by atomic mass is 35.5. The lowest BCUT2D eigenvalue weighted by Crippen LogP contribution is -2.37. The molecular weight excluding hydrogens is 356 g/mol. The number of aryl methyl sites for hydroxylation is 1. The third-order valence-electron chi connectivity index (χ3n) is 3.93. The van der Waals surface area contributed by atoms with Crippen LogP contribution in [0.5, 0.6) is 5.75 Å². The van der Waals surface area contributed by atoms with Gasteiger partial charge >= 0.3 is 6.09 Å². The summed E-state index contributed by atoms with van der Waals surface area (Å²) in [6, 6.07) is 14.4. The summed E-state index contributed by atoms with van der Waals surface area (Å²) in [5.41, 5.74) is 1.89. The van der Waals surface area contributed by atoms with Crippen molar-refractivity contribution in [1.29, 1.82) is 0 Å². The summed E-state index contributed by atoms with van der Waals surface area (Å²) in [6.45, 7) is 2.48. The van der Waals surface area contributed by atoms with Gasteiger partial charge in [0.15, 0.2) is 6.61 Å². The summed E-state index contributed by atoms with van der Waals surface area (Å²) >= 11 is 5.79. The molecule has 1 N–H and O–H groups in total. The van der Waals surface area contributed by atoms with E-state index in [2.05, 4.69) is 5.32 Å². The van der Waals surface area contributed by atoms with E-state index >= 15 is 0 Å². The van der Waals surface area contributed by atoms with Crippen molar-refractivity contribution in [2.75, 3.05) is 24.6 Å². The van der Waals surface area contributed by atoms with Crippen LogP contribution in [0.4, 0.5) is 10.5 Å². The fourth-order valence-electron chi connectivity index (χ4n) is 2.52. The molecule has 0 bridgehead atoms. The van der Waals surface area contributed by atoms with Crippen LogP contribution >= 0.6 is 11.6 Å².